The molecule has 0 saturated heterocycles. The van der Waals surface area contributed by atoms with Crippen molar-refractivity contribution in [1.82, 2.24) is 19.8 Å². The molecule has 11 heavy (non-hydrogen) atoms. The van der Waals surface area contributed by atoms with Gasteiger partial charge in [-0.2, -0.15) is 14.7 Å². The van der Waals surface area contributed by atoms with Gasteiger partial charge in [-0.3, -0.25) is 0 Å². The Labute approximate surface area is 69.2 Å². The van der Waals surface area contributed by atoms with Crippen molar-refractivity contribution in [3.05, 3.63) is 27.2 Å². The topological polar surface area (TPSA) is 63.0 Å². The molecular formula is C5H3BrN4O. The molecular weight excluding hydrogens is 212 g/mol. The van der Waals surface area contributed by atoms with E-state index in [9.17, 15) is 4.79 Å². The Morgan fingerprint density at radius 2 is 2.36 bits per heavy atom. The number of aromatic nitrogens is 4. The van der Waals surface area contributed by atoms with Crippen molar-refractivity contribution in [3.8, 4) is 0 Å². The van der Waals surface area contributed by atoms with Gasteiger partial charge in [-0.05, 0) is 28.1 Å². The largest absolute Gasteiger partial charge is 0.364 e. The van der Waals surface area contributed by atoms with Crippen molar-refractivity contribution in [2.45, 2.75) is 0 Å². The van der Waals surface area contributed by atoms with Crippen LogP contribution in [0.25, 0.3) is 5.65 Å². The minimum absolute atomic E-state index is 0.332. The van der Waals surface area contributed by atoms with E-state index in [1.54, 1.807) is 12.1 Å². The molecule has 0 radical (unpaired) electrons. The fourth-order valence-electron chi connectivity index (χ4n) is 0.781. The van der Waals surface area contributed by atoms with Gasteiger partial charge in [0.1, 0.15) is 4.60 Å². The first-order chi connectivity index (χ1) is 5.27. The Balaban J connectivity index is 2.99. The average molecular weight is 215 g/mol. The highest BCUT2D eigenvalue weighted by atomic mass is 79.9. The number of nitrogens with zero attached hydrogens (tertiary/aromatic N) is 3. The predicted octanol–water partition coefficient (Wildman–Crippen LogP) is 0.180. The van der Waals surface area contributed by atoms with Crippen LogP contribution in [0.3, 0.4) is 0 Å². The van der Waals surface area contributed by atoms with Crippen LogP contribution in [0.1, 0.15) is 0 Å². The minimum Gasteiger partial charge on any atom is -0.244 e. The van der Waals surface area contributed by atoms with Crippen molar-refractivity contribution in [2.75, 3.05) is 0 Å². The number of hydrogen-bond acceptors (Lipinski definition) is 3. The van der Waals surface area contributed by atoms with Gasteiger partial charge < -0.3 is 0 Å². The molecule has 2 aromatic heterocycles. The monoisotopic (exact) mass is 214 g/mol. The van der Waals surface area contributed by atoms with Crippen LogP contribution in [0.4, 0.5) is 0 Å². The second-order valence-electron chi connectivity index (χ2n) is 1.95. The standard InChI is InChI=1S/C5H3BrN4O/c6-3-1-2-4-7-8-5(11)10(4)9-3/h1-2H,(H,8,11). The SMILES string of the molecule is O=c1[nH]nc2ccc(Br)nn12. The summed E-state index contributed by atoms with van der Waals surface area (Å²) in [6.07, 6.45) is 0. The van der Waals surface area contributed by atoms with Crippen LogP contribution in [0.15, 0.2) is 21.5 Å². The summed E-state index contributed by atoms with van der Waals surface area (Å²) in [5, 5.41) is 9.84. The van der Waals surface area contributed by atoms with Gasteiger partial charge in [-0.15, -0.1) is 0 Å². The number of aromatic amines is 1. The van der Waals surface area contributed by atoms with Crippen molar-refractivity contribution in [2.24, 2.45) is 0 Å². The Morgan fingerprint density at radius 1 is 1.55 bits per heavy atom. The van der Waals surface area contributed by atoms with Crippen molar-refractivity contribution in [3.63, 3.8) is 0 Å². The molecule has 0 aliphatic carbocycles. The summed E-state index contributed by atoms with van der Waals surface area (Å²) < 4.78 is 1.79. The summed E-state index contributed by atoms with van der Waals surface area (Å²) in [6.45, 7) is 0. The zero-order valence-electron chi connectivity index (χ0n) is 5.28. The number of halogens is 1. The van der Waals surface area contributed by atoms with Crippen LogP contribution >= 0.6 is 15.9 Å². The summed E-state index contributed by atoms with van der Waals surface area (Å²) in [4.78, 5) is 10.9. The lowest BCUT2D eigenvalue weighted by Crippen LogP contribution is -2.11. The fraction of sp³-hybridized carbons (Fsp3) is 0. The Bertz CT molecular complexity index is 445. The van der Waals surface area contributed by atoms with Gasteiger partial charge in [0.05, 0.1) is 0 Å². The molecule has 1 N–H and O–H groups in total. The van der Waals surface area contributed by atoms with E-state index in [-0.39, 0.29) is 5.69 Å². The second kappa shape index (κ2) is 2.16. The van der Waals surface area contributed by atoms with E-state index in [0.717, 1.165) is 0 Å². The summed E-state index contributed by atoms with van der Waals surface area (Å²) in [5.74, 6) is 0. The third-order valence-corrected chi connectivity index (χ3v) is 1.66. The first-order valence-corrected chi connectivity index (χ1v) is 3.66. The van der Waals surface area contributed by atoms with Crippen molar-refractivity contribution < 1.29 is 0 Å². The first kappa shape index (κ1) is 6.53. The van der Waals surface area contributed by atoms with Crippen LogP contribution in [0.2, 0.25) is 0 Å². The maximum atomic E-state index is 10.9. The highest BCUT2D eigenvalue weighted by Gasteiger charge is 1.99. The van der Waals surface area contributed by atoms with Crippen LogP contribution in [-0.2, 0) is 0 Å². The summed E-state index contributed by atoms with van der Waals surface area (Å²) in [7, 11) is 0. The molecule has 2 aromatic rings. The van der Waals surface area contributed by atoms with Crippen LogP contribution in [0.5, 0.6) is 0 Å². The number of fused-ring (bicyclic) bond motifs is 1. The Morgan fingerprint density at radius 3 is 3.18 bits per heavy atom. The van der Waals surface area contributed by atoms with Gasteiger partial charge in [0.25, 0.3) is 0 Å². The number of H-pyrrole nitrogens is 1. The molecule has 56 valence electrons. The first-order valence-electron chi connectivity index (χ1n) is 2.87. The van der Waals surface area contributed by atoms with Gasteiger partial charge in [-0.25, -0.2) is 9.89 Å². The lowest BCUT2D eigenvalue weighted by Gasteiger charge is -1.88. The fourth-order valence-corrected chi connectivity index (χ4v) is 1.07. The lowest BCUT2D eigenvalue weighted by atomic mass is 10.6. The van der Waals surface area contributed by atoms with Crippen molar-refractivity contribution in [1.29, 1.82) is 0 Å². The lowest BCUT2D eigenvalue weighted by molar-refractivity contribution is 0.865. The molecule has 0 atom stereocenters. The molecule has 2 heterocycles. The van der Waals surface area contributed by atoms with E-state index in [1.807, 2.05) is 0 Å². The van der Waals surface area contributed by atoms with Gasteiger partial charge in [0, 0.05) is 0 Å². The predicted molar refractivity (Wildman–Crippen MR) is 41.3 cm³/mol. The van der Waals surface area contributed by atoms with Crippen LogP contribution in [-0.4, -0.2) is 19.8 Å². The molecule has 0 aliphatic rings. The third kappa shape index (κ3) is 0.949. The molecule has 0 unspecified atom stereocenters. The van der Waals surface area contributed by atoms with E-state index < -0.39 is 0 Å². The second-order valence-corrected chi connectivity index (χ2v) is 2.77. The molecule has 6 heteroatoms. The van der Waals surface area contributed by atoms with Gasteiger partial charge in [0.2, 0.25) is 0 Å². The van der Waals surface area contributed by atoms with Crippen molar-refractivity contribution >= 4 is 21.6 Å². The maximum Gasteiger partial charge on any atom is 0.364 e. The zero-order chi connectivity index (χ0) is 7.84. The summed E-state index contributed by atoms with van der Waals surface area (Å²) in [5.41, 5.74) is 0.180. The molecule has 5 nitrogen and oxygen atoms in total. The van der Waals surface area contributed by atoms with Crippen LogP contribution < -0.4 is 5.69 Å². The average Bonchev–Trinajstić information content (AvgIpc) is 2.33. The molecule has 0 aromatic carbocycles. The highest BCUT2D eigenvalue weighted by Crippen LogP contribution is 2.03. The number of rotatable bonds is 0. The number of hydrogen-bond donors (Lipinski definition) is 1. The Kier molecular flexibility index (Phi) is 1.28. The van der Waals surface area contributed by atoms with E-state index in [1.165, 1.54) is 4.52 Å². The molecule has 0 spiro atoms. The van der Waals surface area contributed by atoms with Crippen LogP contribution in [0, 0.1) is 0 Å². The van der Waals surface area contributed by atoms with Gasteiger partial charge >= 0.3 is 5.69 Å². The quantitative estimate of drug-likeness (QED) is 0.681. The minimum atomic E-state index is -0.332. The van der Waals surface area contributed by atoms with Gasteiger partial charge in [-0.1, -0.05) is 0 Å². The molecule has 0 aliphatic heterocycles. The van der Waals surface area contributed by atoms with E-state index in [0.29, 0.717) is 10.3 Å². The molecule has 0 fully saturated rings. The zero-order valence-corrected chi connectivity index (χ0v) is 6.87. The van der Waals surface area contributed by atoms with Gasteiger partial charge in [0.15, 0.2) is 5.65 Å². The Hall–Kier alpha value is -1.17. The normalized spacial score (nSPS) is 10.6. The molecule has 2 rings (SSSR count). The maximum absolute atomic E-state index is 10.9. The molecule has 0 saturated carbocycles. The number of nitrogens with one attached hydrogen (secondary N) is 1. The van der Waals surface area contributed by atoms with E-state index >= 15 is 0 Å². The smallest absolute Gasteiger partial charge is 0.244 e. The molecule has 0 bridgehead atoms. The summed E-state index contributed by atoms with van der Waals surface area (Å²) in [6, 6.07) is 3.41. The summed E-state index contributed by atoms with van der Waals surface area (Å²) >= 11 is 3.14. The van der Waals surface area contributed by atoms with E-state index in [2.05, 4.69) is 31.2 Å². The third-order valence-electron chi connectivity index (χ3n) is 1.24. The highest BCUT2D eigenvalue weighted by molar-refractivity contribution is 9.10. The van der Waals surface area contributed by atoms with E-state index in [4.69, 9.17) is 0 Å². The molecule has 0 amide bonds.